The Morgan fingerprint density at radius 3 is 2.40 bits per heavy atom. The van der Waals surface area contributed by atoms with E-state index in [9.17, 15) is 22.4 Å². The van der Waals surface area contributed by atoms with Crippen molar-refractivity contribution in [2.24, 2.45) is 5.73 Å². The van der Waals surface area contributed by atoms with Crippen molar-refractivity contribution in [3.8, 4) is 0 Å². The predicted molar refractivity (Wildman–Crippen MR) is 44.9 cm³/mol. The number of hydrogen-bond donors (Lipinski definition) is 1. The number of halogens is 4. The molecule has 0 aromatic heterocycles. The molecule has 2 N–H and O–H groups in total. The van der Waals surface area contributed by atoms with Crippen molar-refractivity contribution in [1.29, 1.82) is 0 Å². The van der Waals surface area contributed by atoms with Gasteiger partial charge in [-0.2, -0.15) is 13.2 Å². The first-order valence-corrected chi connectivity index (χ1v) is 3.93. The maximum Gasteiger partial charge on any atom is 0.423 e. The van der Waals surface area contributed by atoms with Crippen molar-refractivity contribution < 1.29 is 22.4 Å². The highest BCUT2D eigenvalue weighted by Crippen LogP contribution is 2.35. The molecule has 0 aliphatic rings. The molecule has 0 fully saturated rings. The lowest BCUT2D eigenvalue weighted by Gasteiger charge is -2.12. The van der Waals surface area contributed by atoms with Crippen molar-refractivity contribution in [2.45, 2.75) is 12.3 Å². The van der Waals surface area contributed by atoms with Gasteiger partial charge in [0.15, 0.2) is 0 Å². The van der Waals surface area contributed by atoms with E-state index in [2.05, 4.69) is 0 Å². The lowest BCUT2D eigenvalue weighted by Crippen LogP contribution is -2.18. The number of amides is 1. The Morgan fingerprint density at radius 1 is 1.33 bits per heavy atom. The Morgan fingerprint density at radius 2 is 1.93 bits per heavy atom. The number of carbonyl (C=O) groups excluding carboxylic acids is 1. The lowest BCUT2D eigenvalue weighted by atomic mass is 10.1. The zero-order valence-corrected chi connectivity index (χ0v) is 7.38. The average molecular weight is 221 g/mol. The predicted octanol–water partition coefficient (Wildman–Crippen LogP) is 2.36. The van der Waals surface area contributed by atoms with Crippen LogP contribution in [-0.4, -0.2) is 12.1 Å². The molecule has 1 unspecified atom stereocenters. The SMILES string of the molecule is NC(=O)c1cccc(C(F)C(F)(F)F)c1. The van der Waals surface area contributed by atoms with Crippen molar-refractivity contribution in [3.05, 3.63) is 35.4 Å². The standard InChI is InChI=1S/C9H7F4NO/c10-7(9(11,12)13)5-2-1-3-6(4-5)8(14)15/h1-4,7H,(H2,14,15). The molecule has 82 valence electrons. The summed E-state index contributed by atoms with van der Waals surface area (Å²) in [6.07, 6.45) is -8.08. The third kappa shape index (κ3) is 2.68. The summed E-state index contributed by atoms with van der Waals surface area (Å²) in [7, 11) is 0. The number of benzene rings is 1. The monoisotopic (exact) mass is 221 g/mol. The lowest BCUT2D eigenvalue weighted by molar-refractivity contribution is -0.182. The fourth-order valence-corrected chi connectivity index (χ4v) is 1.04. The van der Waals surface area contributed by atoms with Crippen LogP contribution in [0.3, 0.4) is 0 Å². The number of rotatable bonds is 2. The molecular formula is C9H7F4NO. The molecule has 15 heavy (non-hydrogen) atoms. The molecular weight excluding hydrogens is 214 g/mol. The number of hydrogen-bond acceptors (Lipinski definition) is 1. The first-order valence-electron chi connectivity index (χ1n) is 3.93. The minimum Gasteiger partial charge on any atom is -0.366 e. The van der Waals surface area contributed by atoms with Crippen molar-refractivity contribution in [3.63, 3.8) is 0 Å². The zero-order chi connectivity index (χ0) is 11.6. The number of alkyl halides is 4. The van der Waals surface area contributed by atoms with Gasteiger partial charge in [-0.05, 0) is 17.7 Å². The summed E-state index contributed by atoms with van der Waals surface area (Å²) in [4.78, 5) is 10.6. The molecule has 1 amide bonds. The smallest absolute Gasteiger partial charge is 0.366 e. The van der Waals surface area contributed by atoms with Gasteiger partial charge >= 0.3 is 6.18 Å². The molecule has 0 aliphatic heterocycles. The molecule has 0 saturated carbocycles. The van der Waals surface area contributed by atoms with E-state index < -0.39 is 23.8 Å². The van der Waals surface area contributed by atoms with Gasteiger partial charge in [0, 0.05) is 5.56 Å². The molecule has 1 aromatic rings. The van der Waals surface area contributed by atoms with Crippen molar-refractivity contribution in [2.75, 3.05) is 0 Å². The quantitative estimate of drug-likeness (QED) is 0.765. The van der Waals surface area contributed by atoms with Crippen LogP contribution in [0.25, 0.3) is 0 Å². The fourth-order valence-electron chi connectivity index (χ4n) is 1.04. The minimum atomic E-state index is -4.98. The average Bonchev–Trinajstić information content (AvgIpc) is 2.15. The van der Waals surface area contributed by atoms with Crippen molar-refractivity contribution >= 4 is 5.91 Å². The van der Waals surface area contributed by atoms with Gasteiger partial charge in [0.1, 0.15) is 0 Å². The van der Waals surface area contributed by atoms with Gasteiger partial charge in [-0.25, -0.2) is 4.39 Å². The Bertz CT molecular complexity index is 375. The minimum absolute atomic E-state index is 0.153. The van der Waals surface area contributed by atoms with E-state index in [-0.39, 0.29) is 5.56 Å². The van der Waals surface area contributed by atoms with E-state index in [0.717, 1.165) is 18.2 Å². The second-order valence-electron chi connectivity index (χ2n) is 2.89. The number of nitrogens with two attached hydrogens (primary N) is 1. The summed E-state index contributed by atoms with van der Waals surface area (Å²) in [6.45, 7) is 0. The van der Waals surface area contributed by atoms with Gasteiger partial charge in [-0.1, -0.05) is 12.1 Å². The maximum absolute atomic E-state index is 12.8. The highest BCUT2D eigenvalue weighted by Gasteiger charge is 2.41. The summed E-state index contributed by atoms with van der Waals surface area (Å²) in [5.74, 6) is -0.897. The molecule has 0 radical (unpaired) electrons. The van der Waals surface area contributed by atoms with Gasteiger partial charge in [0.05, 0.1) is 0 Å². The summed E-state index contributed by atoms with van der Waals surface area (Å²) < 4.78 is 48.7. The van der Waals surface area contributed by atoms with Gasteiger partial charge in [-0.3, -0.25) is 4.79 Å². The Labute approximate surface area is 82.7 Å². The molecule has 1 rings (SSSR count). The Balaban J connectivity index is 3.06. The fraction of sp³-hybridized carbons (Fsp3) is 0.222. The molecule has 6 heteroatoms. The maximum atomic E-state index is 12.8. The highest BCUT2D eigenvalue weighted by molar-refractivity contribution is 5.92. The first-order chi connectivity index (χ1) is 6.82. The third-order valence-electron chi connectivity index (χ3n) is 1.75. The van der Waals surface area contributed by atoms with E-state index in [1.165, 1.54) is 6.07 Å². The summed E-state index contributed by atoms with van der Waals surface area (Å²) in [6, 6.07) is 4.10. The molecule has 0 saturated heterocycles. The van der Waals surface area contributed by atoms with E-state index in [1.54, 1.807) is 0 Å². The largest absolute Gasteiger partial charge is 0.423 e. The van der Waals surface area contributed by atoms with Crippen LogP contribution in [0.4, 0.5) is 17.6 Å². The topological polar surface area (TPSA) is 43.1 Å². The normalized spacial score (nSPS) is 13.6. The van der Waals surface area contributed by atoms with Crippen LogP contribution in [0.5, 0.6) is 0 Å². The van der Waals surface area contributed by atoms with Gasteiger partial charge in [0.25, 0.3) is 0 Å². The van der Waals surface area contributed by atoms with E-state index >= 15 is 0 Å². The van der Waals surface area contributed by atoms with Crippen molar-refractivity contribution in [1.82, 2.24) is 0 Å². The van der Waals surface area contributed by atoms with E-state index in [1.807, 2.05) is 0 Å². The second-order valence-corrected chi connectivity index (χ2v) is 2.89. The zero-order valence-electron chi connectivity index (χ0n) is 7.38. The van der Waals surface area contributed by atoms with Crippen LogP contribution in [0, 0.1) is 0 Å². The molecule has 2 nitrogen and oxygen atoms in total. The molecule has 0 spiro atoms. The first kappa shape index (κ1) is 11.5. The third-order valence-corrected chi connectivity index (χ3v) is 1.75. The van der Waals surface area contributed by atoms with Gasteiger partial charge < -0.3 is 5.73 Å². The summed E-state index contributed by atoms with van der Waals surface area (Å²) in [5, 5.41) is 0. The van der Waals surface area contributed by atoms with Gasteiger partial charge in [-0.15, -0.1) is 0 Å². The van der Waals surface area contributed by atoms with Crippen LogP contribution in [0.15, 0.2) is 24.3 Å². The molecule has 0 aliphatic carbocycles. The molecule has 1 aromatic carbocycles. The van der Waals surface area contributed by atoms with Crippen LogP contribution < -0.4 is 5.73 Å². The summed E-state index contributed by atoms with van der Waals surface area (Å²) in [5.41, 5.74) is 4.07. The van der Waals surface area contributed by atoms with Crippen LogP contribution in [-0.2, 0) is 0 Å². The van der Waals surface area contributed by atoms with E-state index in [4.69, 9.17) is 5.73 Å². The van der Waals surface area contributed by atoms with E-state index in [0.29, 0.717) is 0 Å². The summed E-state index contributed by atoms with van der Waals surface area (Å²) >= 11 is 0. The molecule has 0 heterocycles. The number of carbonyl (C=O) groups is 1. The highest BCUT2D eigenvalue weighted by atomic mass is 19.4. The Hall–Kier alpha value is -1.59. The van der Waals surface area contributed by atoms with Gasteiger partial charge in [0.2, 0.25) is 12.1 Å². The molecule has 1 atom stereocenters. The Kier molecular flexibility index (Phi) is 2.97. The second kappa shape index (κ2) is 3.88. The van der Waals surface area contributed by atoms with Crippen LogP contribution >= 0.6 is 0 Å². The van der Waals surface area contributed by atoms with Crippen LogP contribution in [0.2, 0.25) is 0 Å². The number of primary amides is 1. The molecule has 0 bridgehead atoms. The van der Waals surface area contributed by atoms with Crippen LogP contribution in [0.1, 0.15) is 22.1 Å².